The number of nitrogens with one attached hydrogen (secondary N) is 2. The molecule has 2 rings (SSSR count). The number of rotatable bonds is 6. The summed E-state index contributed by atoms with van der Waals surface area (Å²) in [4.78, 5) is 35.8. The Kier molecular flexibility index (Phi) is 5.70. The molecular weight excluding hydrogens is 344 g/mol. The molecule has 1 heterocycles. The third kappa shape index (κ3) is 4.52. The van der Waals surface area contributed by atoms with Gasteiger partial charge in [-0.2, -0.15) is 0 Å². The molecule has 2 unspecified atom stereocenters. The first-order chi connectivity index (χ1) is 11.7. The van der Waals surface area contributed by atoms with Crippen molar-refractivity contribution in [2.75, 3.05) is 6.61 Å². The fourth-order valence-electron chi connectivity index (χ4n) is 3.04. The van der Waals surface area contributed by atoms with E-state index in [1.54, 1.807) is 24.3 Å². The smallest absolute Gasteiger partial charge is 0.322 e. The van der Waals surface area contributed by atoms with Crippen LogP contribution in [-0.2, 0) is 14.3 Å². The van der Waals surface area contributed by atoms with E-state index >= 15 is 0 Å². The highest BCUT2D eigenvalue weighted by Crippen LogP contribution is 2.41. The zero-order valence-corrected chi connectivity index (χ0v) is 14.7. The second-order valence-electron chi connectivity index (χ2n) is 6.51. The molecule has 0 saturated carbocycles. The number of benzene rings is 1. The van der Waals surface area contributed by atoms with Crippen LogP contribution in [0.15, 0.2) is 24.3 Å². The lowest BCUT2D eigenvalue weighted by Gasteiger charge is -2.34. The van der Waals surface area contributed by atoms with E-state index in [9.17, 15) is 14.4 Å². The standard InChI is InChI=1S/C18H19ClN2O4/c1-4-8-25-16(23)14(11-6-5-7-12(19)9-11)18(2,3)10-13-15(22)21-17(24)20-13/h1,5-7,9,13-14H,8,10H2,2-3H3,(H2,20,21,22,24). The number of hydrogen-bond acceptors (Lipinski definition) is 4. The van der Waals surface area contributed by atoms with Crippen molar-refractivity contribution in [2.45, 2.75) is 32.2 Å². The van der Waals surface area contributed by atoms with E-state index in [0.29, 0.717) is 10.6 Å². The Balaban J connectivity index is 2.32. The summed E-state index contributed by atoms with van der Waals surface area (Å²) in [6.07, 6.45) is 5.41. The second-order valence-corrected chi connectivity index (χ2v) is 6.94. The van der Waals surface area contributed by atoms with Gasteiger partial charge in [0.15, 0.2) is 6.61 Å². The van der Waals surface area contributed by atoms with Crippen LogP contribution in [0.3, 0.4) is 0 Å². The number of terminal acetylenes is 1. The molecule has 0 bridgehead atoms. The monoisotopic (exact) mass is 362 g/mol. The van der Waals surface area contributed by atoms with Gasteiger partial charge in [-0.05, 0) is 29.5 Å². The normalized spacial score (nSPS) is 18.1. The SMILES string of the molecule is C#CCOC(=O)C(c1cccc(Cl)c1)C(C)(C)CC1NC(=O)NC1=O. The highest BCUT2D eigenvalue weighted by atomic mass is 35.5. The van der Waals surface area contributed by atoms with E-state index in [0.717, 1.165) is 0 Å². The van der Waals surface area contributed by atoms with E-state index in [1.807, 2.05) is 13.8 Å². The van der Waals surface area contributed by atoms with Gasteiger partial charge in [-0.25, -0.2) is 4.79 Å². The van der Waals surface area contributed by atoms with Crippen LogP contribution in [-0.4, -0.2) is 30.6 Å². The van der Waals surface area contributed by atoms with Gasteiger partial charge in [0.1, 0.15) is 6.04 Å². The molecule has 0 aliphatic carbocycles. The summed E-state index contributed by atoms with van der Waals surface area (Å²) in [6, 6.07) is 5.62. The maximum Gasteiger partial charge on any atom is 0.322 e. The number of esters is 1. The number of carbonyl (C=O) groups excluding carboxylic acids is 3. The van der Waals surface area contributed by atoms with Crippen molar-refractivity contribution in [1.29, 1.82) is 0 Å². The van der Waals surface area contributed by atoms with E-state index < -0.39 is 35.3 Å². The molecule has 2 N–H and O–H groups in total. The van der Waals surface area contributed by atoms with Crippen molar-refractivity contribution < 1.29 is 19.1 Å². The molecule has 7 heteroatoms. The van der Waals surface area contributed by atoms with E-state index in [2.05, 4.69) is 16.6 Å². The number of imide groups is 1. The van der Waals surface area contributed by atoms with Gasteiger partial charge in [0, 0.05) is 5.02 Å². The van der Waals surface area contributed by atoms with Gasteiger partial charge in [-0.1, -0.05) is 43.5 Å². The van der Waals surface area contributed by atoms with Crippen LogP contribution in [0.1, 0.15) is 31.7 Å². The lowest BCUT2D eigenvalue weighted by atomic mass is 9.71. The third-order valence-corrected chi connectivity index (χ3v) is 4.32. The Morgan fingerprint density at radius 2 is 2.16 bits per heavy atom. The molecule has 1 aliphatic rings. The summed E-state index contributed by atoms with van der Waals surface area (Å²) >= 11 is 6.06. The molecule has 0 spiro atoms. The topological polar surface area (TPSA) is 84.5 Å². The van der Waals surface area contributed by atoms with E-state index in [-0.39, 0.29) is 13.0 Å². The number of ether oxygens (including phenoxy) is 1. The first kappa shape index (κ1) is 18.8. The number of hydrogen-bond donors (Lipinski definition) is 2. The van der Waals surface area contributed by atoms with Crippen LogP contribution in [0, 0.1) is 17.8 Å². The van der Waals surface area contributed by atoms with Crippen LogP contribution in [0.25, 0.3) is 0 Å². The molecule has 1 saturated heterocycles. The molecule has 132 valence electrons. The average molecular weight is 363 g/mol. The van der Waals surface area contributed by atoms with Gasteiger partial charge < -0.3 is 10.1 Å². The van der Waals surface area contributed by atoms with Crippen LogP contribution in [0.5, 0.6) is 0 Å². The maximum absolute atomic E-state index is 12.6. The summed E-state index contributed by atoms with van der Waals surface area (Å²) in [5.74, 6) is 0.638. The lowest BCUT2D eigenvalue weighted by molar-refractivity contribution is -0.147. The Hall–Kier alpha value is -2.52. The average Bonchev–Trinajstić information content (AvgIpc) is 2.82. The summed E-state index contributed by atoms with van der Waals surface area (Å²) in [5, 5.41) is 5.22. The molecule has 3 amide bonds. The Morgan fingerprint density at radius 3 is 2.72 bits per heavy atom. The molecular formula is C18H19ClN2O4. The number of amides is 3. The Labute approximate surface area is 151 Å². The highest BCUT2D eigenvalue weighted by molar-refractivity contribution is 6.30. The number of urea groups is 1. The predicted molar refractivity (Wildman–Crippen MR) is 92.8 cm³/mol. The zero-order valence-electron chi connectivity index (χ0n) is 14.0. The van der Waals surface area contributed by atoms with Crippen LogP contribution in [0.2, 0.25) is 5.02 Å². The maximum atomic E-state index is 12.6. The molecule has 2 atom stereocenters. The first-order valence-electron chi connectivity index (χ1n) is 7.71. The van der Waals surface area contributed by atoms with Crippen molar-refractivity contribution >= 4 is 29.5 Å². The van der Waals surface area contributed by atoms with Crippen LogP contribution in [0.4, 0.5) is 4.79 Å². The fraction of sp³-hybridized carbons (Fsp3) is 0.389. The predicted octanol–water partition coefficient (Wildman–Crippen LogP) is 2.22. The van der Waals surface area contributed by atoms with Crippen LogP contribution < -0.4 is 10.6 Å². The lowest BCUT2D eigenvalue weighted by Crippen LogP contribution is -2.39. The van der Waals surface area contributed by atoms with Gasteiger partial charge in [0.05, 0.1) is 5.92 Å². The minimum absolute atomic E-state index is 0.146. The summed E-state index contributed by atoms with van der Waals surface area (Å²) in [7, 11) is 0. The minimum atomic E-state index is -0.718. The van der Waals surface area contributed by atoms with Crippen molar-refractivity contribution in [3.05, 3.63) is 34.9 Å². The quantitative estimate of drug-likeness (QED) is 0.461. The molecule has 0 radical (unpaired) electrons. The van der Waals surface area contributed by atoms with Gasteiger partial charge in [0.2, 0.25) is 0 Å². The summed E-state index contributed by atoms with van der Waals surface area (Å²) < 4.78 is 5.14. The third-order valence-electron chi connectivity index (χ3n) is 4.09. The number of carbonyl (C=O) groups is 3. The van der Waals surface area contributed by atoms with Crippen molar-refractivity contribution in [3.8, 4) is 12.3 Å². The Bertz CT molecular complexity index is 739. The summed E-state index contributed by atoms with van der Waals surface area (Å²) in [6.45, 7) is 3.51. The van der Waals surface area contributed by atoms with Gasteiger partial charge in [-0.3, -0.25) is 14.9 Å². The molecule has 25 heavy (non-hydrogen) atoms. The molecule has 1 aliphatic heterocycles. The van der Waals surface area contributed by atoms with E-state index in [1.165, 1.54) is 0 Å². The highest BCUT2D eigenvalue weighted by Gasteiger charge is 2.43. The number of halogens is 1. The van der Waals surface area contributed by atoms with Crippen molar-refractivity contribution in [3.63, 3.8) is 0 Å². The second kappa shape index (κ2) is 7.58. The first-order valence-corrected chi connectivity index (χ1v) is 8.09. The molecule has 1 aromatic rings. The van der Waals surface area contributed by atoms with Gasteiger partial charge in [-0.15, -0.1) is 6.42 Å². The summed E-state index contributed by atoms with van der Waals surface area (Å²) in [5.41, 5.74) is -0.0556. The fourth-order valence-corrected chi connectivity index (χ4v) is 3.23. The zero-order chi connectivity index (χ0) is 18.6. The van der Waals surface area contributed by atoms with Gasteiger partial charge in [0.25, 0.3) is 5.91 Å². The molecule has 1 fully saturated rings. The largest absolute Gasteiger partial charge is 0.452 e. The van der Waals surface area contributed by atoms with Gasteiger partial charge >= 0.3 is 12.0 Å². The minimum Gasteiger partial charge on any atom is -0.452 e. The molecule has 0 aromatic heterocycles. The molecule has 1 aromatic carbocycles. The Morgan fingerprint density at radius 1 is 1.44 bits per heavy atom. The van der Waals surface area contributed by atoms with E-state index in [4.69, 9.17) is 22.8 Å². The van der Waals surface area contributed by atoms with Crippen molar-refractivity contribution in [1.82, 2.24) is 10.6 Å². The van der Waals surface area contributed by atoms with Crippen molar-refractivity contribution in [2.24, 2.45) is 5.41 Å². The molecule has 6 nitrogen and oxygen atoms in total. The van der Waals surface area contributed by atoms with Crippen LogP contribution >= 0.6 is 11.6 Å².